The molecule has 0 unspecified atom stereocenters. The van der Waals surface area contributed by atoms with E-state index >= 15 is 0 Å². The van der Waals surface area contributed by atoms with Crippen LogP contribution in [0.4, 0.5) is 10.1 Å². The second-order valence-corrected chi connectivity index (χ2v) is 5.13. The summed E-state index contributed by atoms with van der Waals surface area (Å²) in [6.45, 7) is 0. The Labute approximate surface area is 128 Å². The Hall–Kier alpha value is -1.83. The smallest absolute Gasteiger partial charge is 0.256 e. The van der Waals surface area contributed by atoms with Crippen LogP contribution in [0.15, 0.2) is 36.4 Å². The first-order chi connectivity index (χ1) is 9.51. The Balaban J connectivity index is 2.21. The molecule has 0 saturated carbocycles. The molecule has 104 valence electrons. The summed E-state index contributed by atoms with van der Waals surface area (Å²) in [4.78, 5) is 12.1. The summed E-state index contributed by atoms with van der Waals surface area (Å²) in [5.41, 5.74) is 0.788. The number of ether oxygens (including phenoxy) is 1. The quantitative estimate of drug-likeness (QED) is 0.794. The third kappa shape index (κ3) is 3.19. The van der Waals surface area contributed by atoms with Crippen LogP contribution in [0.2, 0.25) is 0 Å². The normalized spacial score (nSPS) is 10.2. The number of phenolic OH excluding ortho intramolecular Hbond substituents is 1. The van der Waals surface area contributed by atoms with Gasteiger partial charge in [-0.1, -0.05) is 0 Å². The number of hydrogen-bond donors (Lipinski definition) is 2. The van der Waals surface area contributed by atoms with Crippen molar-refractivity contribution in [3.63, 3.8) is 0 Å². The summed E-state index contributed by atoms with van der Waals surface area (Å²) in [5.74, 6) is -0.523. The highest BCUT2D eigenvalue weighted by Crippen LogP contribution is 2.28. The first kappa shape index (κ1) is 14.6. The fourth-order valence-electron chi connectivity index (χ4n) is 1.64. The highest BCUT2D eigenvalue weighted by atomic mass is 127. The van der Waals surface area contributed by atoms with E-state index in [1.807, 2.05) is 22.6 Å². The number of hydrogen-bond acceptors (Lipinski definition) is 3. The van der Waals surface area contributed by atoms with Crippen molar-refractivity contribution in [1.82, 2.24) is 0 Å². The maximum Gasteiger partial charge on any atom is 0.256 e. The minimum Gasteiger partial charge on any atom is -0.504 e. The van der Waals surface area contributed by atoms with Crippen LogP contribution >= 0.6 is 22.6 Å². The molecule has 2 aromatic rings. The van der Waals surface area contributed by atoms with Gasteiger partial charge in [-0.3, -0.25) is 4.79 Å². The minimum absolute atomic E-state index is 0.0703. The number of amides is 1. The molecule has 1 amide bonds. The number of carbonyl (C=O) groups excluding carboxylic acids is 1. The van der Waals surface area contributed by atoms with Gasteiger partial charge < -0.3 is 15.2 Å². The summed E-state index contributed by atoms with van der Waals surface area (Å²) in [7, 11) is 1.44. The largest absolute Gasteiger partial charge is 0.504 e. The topological polar surface area (TPSA) is 58.6 Å². The number of aromatic hydroxyl groups is 1. The Bertz CT molecular complexity index is 661. The van der Waals surface area contributed by atoms with Crippen LogP contribution < -0.4 is 10.1 Å². The van der Waals surface area contributed by atoms with E-state index in [-0.39, 0.29) is 11.7 Å². The zero-order chi connectivity index (χ0) is 14.7. The van der Waals surface area contributed by atoms with E-state index in [1.54, 1.807) is 12.1 Å². The highest BCUT2D eigenvalue weighted by Gasteiger charge is 2.12. The van der Waals surface area contributed by atoms with Crippen molar-refractivity contribution in [2.45, 2.75) is 0 Å². The van der Waals surface area contributed by atoms with Gasteiger partial charge in [-0.05, 0) is 52.9 Å². The van der Waals surface area contributed by atoms with E-state index in [4.69, 9.17) is 4.74 Å². The van der Waals surface area contributed by atoms with Gasteiger partial charge in [0.1, 0.15) is 5.82 Å². The molecule has 0 spiro atoms. The molecule has 0 heterocycles. The number of rotatable bonds is 3. The summed E-state index contributed by atoms with van der Waals surface area (Å²) in [5, 5.41) is 12.3. The highest BCUT2D eigenvalue weighted by molar-refractivity contribution is 14.1. The fraction of sp³-hybridized carbons (Fsp3) is 0.0714. The molecular weight excluding hydrogens is 376 g/mol. The van der Waals surface area contributed by atoms with Gasteiger partial charge in [0.2, 0.25) is 0 Å². The lowest BCUT2D eigenvalue weighted by molar-refractivity contribution is 0.102. The molecule has 20 heavy (non-hydrogen) atoms. The van der Waals surface area contributed by atoms with Gasteiger partial charge in [-0.2, -0.15) is 0 Å². The van der Waals surface area contributed by atoms with E-state index in [1.165, 1.54) is 31.4 Å². The second-order valence-electron chi connectivity index (χ2n) is 3.96. The van der Waals surface area contributed by atoms with Gasteiger partial charge in [0, 0.05) is 15.3 Å². The van der Waals surface area contributed by atoms with Gasteiger partial charge >= 0.3 is 0 Å². The van der Waals surface area contributed by atoms with Gasteiger partial charge in [0.05, 0.1) is 12.7 Å². The van der Waals surface area contributed by atoms with Crippen LogP contribution in [-0.2, 0) is 0 Å². The fourth-order valence-corrected chi connectivity index (χ4v) is 2.36. The number of anilines is 1. The van der Waals surface area contributed by atoms with Gasteiger partial charge in [-0.15, -0.1) is 0 Å². The van der Waals surface area contributed by atoms with Crippen molar-refractivity contribution in [3.05, 3.63) is 51.3 Å². The summed E-state index contributed by atoms with van der Waals surface area (Å²) in [6.07, 6.45) is 0. The predicted octanol–water partition coefficient (Wildman–Crippen LogP) is 3.40. The predicted molar refractivity (Wildman–Crippen MR) is 81.7 cm³/mol. The molecule has 0 fully saturated rings. The molecule has 6 heteroatoms. The average Bonchev–Trinajstić information content (AvgIpc) is 2.38. The summed E-state index contributed by atoms with van der Waals surface area (Å²) in [6, 6.07) is 8.44. The van der Waals surface area contributed by atoms with Crippen molar-refractivity contribution in [2.24, 2.45) is 0 Å². The van der Waals surface area contributed by atoms with Crippen LogP contribution in [-0.4, -0.2) is 18.1 Å². The maximum absolute atomic E-state index is 13.0. The number of phenols is 1. The standard InChI is InChI=1S/C14H11FINO3/c1-20-13-5-3-9(7-12(13)18)17-14(19)10-4-2-8(15)6-11(10)16/h2-7,18H,1H3,(H,17,19). The molecule has 2 aromatic carbocycles. The van der Waals surface area contributed by atoms with Crippen molar-refractivity contribution in [2.75, 3.05) is 12.4 Å². The van der Waals surface area contributed by atoms with E-state index in [0.717, 1.165) is 0 Å². The minimum atomic E-state index is -0.395. The van der Waals surface area contributed by atoms with Crippen molar-refractivity contribution >= 4 is 34.2 Å². The third-order valence-electron chi connectivity index (χ3n) is 2.61. The molecular formula is C14H11FINO3. The number of halogens is 2. The molecule has 2 N–H and O–H groups in total. The zero-order valence-corrected chi connectivity index (χ0v) is 12.6. The number of methoxy groups -OCH3 is 1. The molecule has 2 rings (SSSR count). The zero-order valence-electron chi connectivity index (χ0n) is 10.5. The number of carbonyl (C=O) groups is 1. The van der Waals surface area contributed by atoms with E-state index < -0.39 is 5.82 Å². The molecule has 0 aliphatic carbocycles. The molecule has 0 aliphatic heterocycles. The molecule has 0 aliphatic rings. The van der Waals surface area contributed by atoms with Gasteiger partial charge in [-0.25, -0.2) is 4.39 Å². The number of nitrogens with one attached hydrogen (secondary N) is 1. The van der Waals surface area contributed by atoms with Crippen LogP contribution in [0, 0.1) is 9.39 Å². The molecule has 0 aromatic heterocycles. The van der Waals surface area contributed by atoms with Crippen LogP contribution in [0.5, 0.6) is 11.5 Å². The van der Waals surface area contributed by atoms with Crippen molar-refractivity contribution in [1.29, 1.82) is 0 Å². The van der Waals surface area contributed by atoms with Gasteiger partial charge in [0.25, 0.3) is 5.91 Å². The molecule has 0 bridgehead atoms. The lowest BCUT2D eigenvalue weighted by Crippen LogP contribution is -2.13. The third-order valence-corrected chi connectivity index (χ3v) is 3.50. The first-order valence-corrected chi connectivity index (χ1v) is 6.72. The van der Waals surface area contributed by atoms with E-state index in [9.17, 15) is 14.3 Å². The lowest BCUT2D eigenvalue weighted by Gasteiger charge is -2.09. The Morgan fingerprint density at radius 1 is 1.30 bits per heavy atom. The van der Waals surface area contributed by atoms with Gasteiger partial charge in [0.15, 0.2) is 11.5 Å². The molecule has 4 nitrogen and oxygen atoms in total. The lowest BCUT2D eigenvalue weighted by atomic mass is 10.2. The first-order valence-electron chi connectivity index (χ1n) is 5.64. The second kappa shape index (κ2) is 6.08. The van der Waals surface area contributed by atoms with E-state index in [2.05, 4.69) is 5.32 Å². The monoisotopic (exact) mass is 387 g/mol. The SMILES string of the molecule is COc1ccc(NC(=O)c2ccc(F)cc2I)cc1O. The summed E-state index contributed by atoms with van der Waals surface area (Å²) < 4.78 is 18.4. The van der Waals surface area contributed by atoms with E-state index in [0.29, 0.717) is 20.6 Å². The van der Waals surface area contributed by atoms with Crippen molar-refractivity contribution in [3.8, 4) is 11.5 Å². The molecule has 0 radical (unpaired) electrons. The molecule has 0 atom stereocenters. The average molecular weight is 387 g/mol. The van der Waals surface area contributed by atoms with Crippen molar-refractivity contribution < 1.29 is 19.0 Å². The van der Waals surface area contributed by atoms with Crippen LogP contribution in [0.1, 0.15) is 10.4 Å². The Morgan fingerprint density at radius 3 is 2.65 bits per heavy atom. The Kier molecular flexibility index (Phi) is 4.43. The molecule has 0 saturated heterocycles. The summed E-state index contributed by atoms with van der Waals surface area (Å²) >= 11 is 1.89. The maximum atomic E-state index is 13.0. The Morgan fingerprint density at radius 2 is 2.05 bits per heavy atom. The number of benzene rings is 2. The van der Waals surface area contributed by atoms with Crippen LogP contribution in [0.25, 0.3) is 0 Å². The van der Waals surface area contributed by atoms with Crippen LogP contribution in [0.3, 0.4) is 0 Å².